The average molecular weight is 493 g/mol. The van der Waals surface area contributed by atoms with E-state index in [2.05, 4.69) is 14.7 Å². The maximum Gasteiger partial charge on any atom is 0.273 e. The minimum absolute atomic E-state index is 0.0461. The van der Waals surface area contributed by atoms with Crippen molar-refractivity contribution >= 4 is 40.6 Å². The molecule has 10 heteroatoms. The van der Waals surface area contributed by atoms with Crippen LogP contribution in [0, 0.1) is 6.92 Å². The van der Waals surface area contributed by atoms with Gasteiger partial charge in [-0.05, 0) is 66.7 Å². The predicted molar refractivity (Wildman–Crippen MR) is 135 cm³/mol. The molecule has 0 aliphatic heterocycles. The molecule has 0 bridgehead atoms. The number of rotatable bonds is 7. The summed E-state index contributed by atoms with van der Waals surface area (Å²) in [7, 11) is 0. The standard InChI is InChI=1S/C25H28N6O3S/c1-15-6-5-9-18(14-15)31(25(34)22-19(26)20(23(27)32)30-35-22)21(16-10-12-28-13-11-16)24(33)29-17-7-3-2-4-8-17/h5-6,9-14,17,21H,2-4,7-8,26H2,1H3,(H2,27,32)(H,29,33)/t21-/m1/s1. The number of nitrogens with zero attached hydrogens (tertiary/aromatic N) is 3. The number of hydrogen-bond acceptors (Lipinski definition) is 7. The molecule has 1 atom stereocenters. The van der Waals surface area contributed by atoms with Gasteiger partial charge in [0.2, 0.25) is 5.91 Å². The van der Waals surface area contributed by atoms with Gasteiger partial charge in [0.1, 0.15) is 10.9 Å². The molecule has 2 heterocycles. The van der Waals surface area contributed by atoms with Crippen molar-refractivity contribution in [1.29, 1.82) is 0 Å². The molecule has 0 saturated heterocycles. The SMILES string of the molecule is Cc1cccc(N(C(=O)c2snc(C(N)=O)c2N)[C@@H](C(=O)NC2CCCCC2)c2ccncc2)c1. The number of carbonyl (C=O) groups excluding carboxylic acids is 3. The molecule has 0 unspecified atom stereocenters. The Kier molecular flexibility index (Phi) is 7.40. The Morgan fingerprint density at radius 3 is 2.46 bits per heavy atom. The molecule has 35 heavy (non-hydrogen) atoms. The lowest BCUT2D eigenvalue weighted by molar-refractivity contribution is -0.123. The number of nitrogens with two attached hydrogens (primary N) is 2. The second-order valence-corrected chi connectivity index (χ2v) is 9.45. The van der Waals surface area contributed by atoms with Crippen molar-refractivity contribution in [1.82, 2.24) is 14.7 Å². The van der Waals surface area contributed by atoms with E-state index in [0.717, 1.165) is 49.2 Å². The van der Waals surface area contributed by atoms with Gasteiger partial charge < -0.3 is 16.8 Å². The second-order valence-electron chi connectivity index (χ2n) is 8.68. The van der Waals surface area contributed by atoms with Gasteiger partial charge in [0.05, 0.1) is 5.69 Å². The van der Waals surface area contributed by atoms with Crippen molar-refractivity contribution in [2.45, 2.75) is 51.1 Å². The molecule has 5 N–H and O–H groups in total. The van der Waals surface area contributed by atoms with Gasteiger partial charge in [0, 0.05) is 24.1 Å². The summed E-state index contributed by atoms with van der Waals surface area (Å²) >= 11 is 0.789. The van der Waals surface area contributed by atoms with Crippen LogP contribution >= 0.6 is 11.5 Å². The topological polar surface area (TPSA) is 144 Å². The van der Waals surface area contributed by atoms with Crippen LogP contribution in [0.1, 0.15) is 69.4 Å². The molecule has 1 fully saturated rings. The number of primary amides is 1. The molecule has 1 saturated carbocycles. The van der Waals surface area contributed by atoms with Crippen LogP contribution in [0.5, 0.6) is 0 Å². The highest BCUT2D eigenvalue weighted by atomic mass is 32.1. The number of carbonyl (C=O) groups is 3. The molecular formula is C25H28N6O3S. The molecule has 1 aliphatic rings. The van der Waals surface area contributed by atoms with E-state index in [4.69, 9.17) is 11.5 Å². The van der Waals surface area contributed by atoms with Gasteiger partial charge in [-0.15, -0.1) is 0 Å². The molecule has 3 aromatic rings. The number of benzene rings is 1. The van der Waals surface area contributed by atoms with Crippen molar-refractivity contribution in [2.75, 3.05) is 10.6 Å². The lowest BCUT2D eigenvalue weighted by Crippen LogP contribution is -2.47. The van der Waals surface area contributed by atoms with Crippen LogP contribution in [0.25, 0.3) is 0 Å². The Balaban J connectivity index is 1.82. The number of pyridine rings is 1. The van der Waals surface area contributed by atoms with Crippen LogP contribution in [0.3, 0.4) is 0 Å². The molecule has 3 amide bonds. The summed E-state index contributed by atoms with van der Waals surface area (Å²) in [6.45, 7) is 1.90. The number of nitrogen functional groups attached to an aromatic ring is 1. The summed E-state index contributed by atoms with van der Waals surface area (Å²) in [5, 5.41) is 3.16. The Morgan fingerprint density at radius 2 is 1.83 bits per heavy atom. The number of anilines is 2. The Bertz CT molecular complexity index is 1220. The zero-order valence-electron chi connectivity index (χ0n) is 19.4. The van der Waals surface area contributed by atoms with Gasteiger partial charge in [0.25, 0.3) is 11.8 Å². The maximum absolute atomic E-state index is 14.0. The Morgan fingerprint density at radius 1 is 1.11 bits per heavy atom. The zero-order valence-corrected chi connectivity index (χ0v) is 20.3. The van der Waals surface area contributed by atoms with E-state index in [1.807, 2.05) is 25.1 Å². The fourth-order valence-electron chi connectivity index (χ4n) is 4.39. The van der Waals surface area contributed by atoms with Gasteiger partial charge in [-0.3, -0.25) is 24.3 Å². The van der Waals surface area contributed by atoms with E-state index in [1.165, 1.54) is 4.90 Å². The lowest BCUT2D eigenvalue weighted by atomic mass is 9.94. The van der Waals surface area contributed by atoms with E-state index in [9.17, 15) is 14.4 Å². The normalized spacial score (nSPS) is 14.8. The number of amides is 3. The minimum Gasteiger partial charge on any atom is -0.395 e. The van der Waals surface area contributed by atoms with Crippen LogP contribution in [0.15, 0.2) is 48.8 Å². The van der Waals surface area contributed by atoms with Crippen LogP contribution in [0.4, 0.5) is 11.4 Å². The monoisotopic (exact) mass is 492 g/mol. The first-order valence-electron chi connectivity index (χ1n) is 11.5. The quantitative estimate of drug-likeness (QED) is 0.461. The first-order valence-corrected chi connectivity index (χ1v) is 12.3. The smallest absolute Gasteiger partial charge is 0.273 e. The van der Waals surface area contributed by atoms with Crippen LogP contribution in [-0.4, -0.2) is 33.1 Å². The van der Waals surface area contributed by atoms with E-state index in [0.29, 0.717) is 11.3 Å². The van der Waals surface area contributed by atoms with Crippen molar-refractivity contribution in [2.24, 2.45) is 5.73 Å². The van der Waals surface area contributed by atoms with Crippen LogP contribution in [-0.2, 0) is 4.79 Å². The molecule has 1 aromatic carbocycles. The van der Waals surface area contributed by atoms with Crippen molar-refractivity contribution in [3.63, 3.8) is 0 Å². The third kappa shape index (κ3) is 5.32. The van der Waals surface area contributed by atoms with E-state index < -0.39 is 17.9 Å². The second kappa shape index (κ2) is 10.6. The zero-order chi connectivity index (χ0) is 24.9. The van der Waals surface area contributed by atoms with Crippen molar-refractivity contribution in [3.05, 3.63) is 70.5 Å². The van der Waals surface area contributed by atoms with Crippen LogP contribution < -0.4 is 21.7 Å². The highest BCUT2D eigenvalue weighted by molar-refractivity contribution is 7.09. The van der Waals surface area contributed by atoms with Gasteiger partial charge >= 0.3 is 0 Å². The first kappa shape index (κ1) is 24.3. The highest BCUT2D eigenvalue weighted by Gasteiger charge is 2.36. The highest BCUT2D eigenvalue weighted by Crippen LogP contribution is 2.33. The molecular weight excluding hydrogens is 464 g/mol. The van der Waals surface area contributed by atoms with E-state index in [1.54, 1.807) is 30.6 Å². The minimum atomic E-state index is -0.993. The summed E-state index contributed by atoms with van der Waals surface area (Å²) in [6.07, 6.45) is 8.23. The third-order valence-electron chi connectivity index (χ3n) is 6.13. The first-order chi connectivity index (χ1) is 16.9. The largest absolute Gasteiger partial charge is 0.395 e. The maximum atomic E-state index is 14.0. The molecule has 0 radical (unpaired) electrons. The predicted octanol–water partition coefficient (Wildman–Crippen LogP) is 3.36. The molecule has 2 aromatic heterocycles. The summed E-state index contributed by atoms with van der Waals surface area (Å²) < 4.78 is 3.98. The summed E-state index contributed by atoms with van der Waals surface area (Å²) in [4.78, 5) is 45.0. The fourth-order valence-corrected chi connectivity index (χ4v) is 5.13. The molecule has 1 aliphatic carbocycles. The van der Waals surface area contributed by atoms with Gasteiger partial charge in [-0.1, -0.05) is 31.4 Å². The van der Waals surface area contributed by atoms with Crippen molar-refractivity contribution < 1.29 is 14.4 Å². The van der Waals surface area contributed by atoms with E-state index in [-0.39, 0.29) is 28.2 Å². The summed E-state index contributed by atoms with van der Waals surface area (Å²) in [5.41, 5.74) is 13.3. The third-order valence-corrected chi connectivity index (χ3v) is 6.99. The van der Waals surface area contributed by atoms with Gasteiger partial charge in [0.15, 0.2) is 5.69 Å². The fraction of sp³-hybridized carbons (Fsp3) is 0.320. The molecule has 182 valence electrons. The van der Waals surface area contributed by atoms with Gasteiger partial charge in [-0.25, -0.2) is 0 Å². The van der Waals surface area contributed by atoms with E-state index >= 15 is 0 Å². The molecule has 4 rings (SSSR count). The molecule has 0 spiro atoms. The molecule has 9 nitrogen and oxygen atoms in total. The Labute approximate surface area is 207 Å². The van der Waals surface area contributed by atoms with Crippen molar-refractivity contribution in [3.8, 4) is 0 Å². The van der Waals surface area contributed by atoms with Gasteiger partial charge in [-0.2, -0.15) is 4.37 Å². The lowest BCUT2D eigenvalue weighted by Gasteiger charge is -2.33. The number of hydrogen-bond donors (Lipinski definition) is 3. The number of aryl methyl sites for hydroxylation is 1. The number of aromatic nitrogens is 2. The van der Waals surface area contributed by atoms with Crippen LogP contribution in [0.2, 0.25) is 0 Å². The summed E-state index contributed by atoms with van der Waals surface area (Å²) in [6, 6.07) is 9.79. The summed E-state index contributed by atoms with van der Waals surface area (Å²) in [5.74, 6) is -1.66. The number of nitrogens with one attached hydrogen (secondary N) is 1. The average Bonchev–Trinajstić information content (AvgIpc) is 3.24. The Hall–Kier alpha value is -3.79.